The molecule has 80 heavy (non-hydrogen) atoms. The van der Waals surface area contributed by atoms with Crippen LogP contribution in [0.2, 0.25) is 10.0 Å². The number of H-pyrrole nitrogens is 1. The van der Waals surface area contributed by atoms with E-state index in [1.54, 1.807) is 13.8 Å². The Morgan fingerprint density at radius 3 is 2.30 bits per heavy atom. The average molecular weight is 1220 g/mol. The molecule has 0 saturated carbocycles. The van der Waals surface area contributed by atoms with E-state index in [1.165, 1.54) is 50.6 Å². The average Bonchev–Trinajstić information content (AvgIpc) is 3.74. The van der Waals surface area contributed by atoms with Gasteiger partial charge in [0.05, 0.1) is 67.8 Å². The Balaban J connectivity index is 1.08. The molecule has 1 aromatic heterocycles. The first-order chi connectivity index (χ1) is 37.4. The second-order valence-corrected chi connectivity index (χ2v) is 22.6. The number of carbonyl (C=O) groups is 2. The Hall–Kier alpha value is -6.80. The first kappa shape index (κ1) is 60.8. The molecule has 2 unspecified atom stereocenters. The third-order valence-electron chi connectivity index (χ3n) is 11.8. The summed E-state index contributed by atoms with van der Waals surface area (Å²) in [5, 5.41) is 46.0. The van der Waals surface area contributed by atoms with Crippen molar-refractivity contribution in [3.8, 4) is 51.5 Å². The molecule has 4 aromatic rings. The van der Waals surface area contributed by atoms with E-state index in [2.05, 4.69) is 35.3 Å². The zero-order chi connectivity index (χ0) is 58.9. The number of hydrogen-bond donors (Lipinski definition) is 9. The summed E-state index contributed by atoms with van der Waals surface area (Å²) in [5.41, 5.74) is -3.88. The van der Waals surface area contributed by atoms with Crippen LogP contribution in [0.15, 0.2) is 73.5 Å². The van der Waals surface area contributed by atoms with Gasteiger partial charge in [0, 0.05) is 46.3 Å². The van der Waals surface area contributed by atoms with Crippen LogP contribution < -0.4 is 31.5 Å². The number of aliphatic hydroxyl groups excluding tert-OH is 1. The van der Waals surface area contributed by atoms with Crippen molar-refractivity contribution in [1.82, 2.24) is 14.9 Å². The lowest BCUT2D eigenvalue weighted by Crippen LogP contribution is -2.34. The number of methoxy groups -OCH3 is 2. The highest BCUT2D eigenvalue weighted by molar-refractivity contribution is 7.66. The van der Waals surface area contributed by atoms with E-state index in [1.807, 2.05) is 0 Å². The maximum Gasteiger partial charge on any atom is 0.490 e. The van der Waals surface area contributed by atoms with Crippen molar-refractivity contribution >= 4 is 75.2 Å². The third-order valence-corrected chi connectivity index (χ3v) is 16.3. The number of ether oxygens (including phenoxy) is 4. The highest BCUT2D eigenvalue weighted by atomic mass is 35.5. The van der Waals surface area contributed by atoms with Gasteiger partial charge < -0.3 is 63.6 Å². The smallest absolute Gasteiger partial charge is 0.490 e. The summed E-state index contributed by atoms with van der Waals surface area (Å²) in [6.45, 7) is 1.38. The third kappa shape index (κ3) is 13.5. The lowest BCUT2D eigenvalue weighted by atomic mass is 9.89. The zero-order valence-electron chi connectivity index (χ0n) is 41.4. The molecule has 1 fully saturated rings. The number of aromatic hydroxyl groups is 1. The molecule has 1 aliphatic carbocycles. The number of phenols is 1. The van der Waals surface area contributed by atoms with Crippen molar-refractivity contribution < 1.29 is 99.6 Å². The van der Waals surface area contributed by atoms with Crippen molar-refractivity contribution in [2.45, 2.75) is 51.4 Å². The molecule has 1 saturated heterocycles. The number of aromatic carboxylic acids is 1. The summed E-state index contributed by atoms with van der Waals surface area (Å²) in [6.07, 6.45) is -4.92. The van der Waals surface area contributed by atoms with Gasteiger partial charge in [-0.3, -0.25) is 38.6 Å². The van der Waals surface area contributed by atoms with Crippen molar-refractivity contribution in [3.63, 3.8) is 0 Å². The number of halogens is 2. The molecule has 2 aliphatic heterocycles. The number of phosphoric acid groups is 3. The molecule has 426 valence electrons. The highest BCUT2D eigenvalue weighted by Crippen LogP contribution is 2.66. The molecule has 0 radical (unpaired) electrons. The Kier molecular flexibility index (Phi) is 18.3. The number of aromatic amines is 1. The van der Waals surface area contributed by atoms with E-state index in [9.17, 15) is 72.9 Å². The number of nitrogens with zero attached hydrogens (tertiary/aromatic N) is 2. The first-order valence-corrected chi connectivity index (χ1v) is 28.0. The summed E-state index contributed by atoms with van der Waals surface area (Å²) in [4.78, 5) is 116. The molecule has 7 rings (SSSR count). The van der Waals surface area contributed by atoms with Crippen molar-refractivity contribution in [2.75, 3.05) is 27.4 Å². The number of carboxylic acids is 1. The number of rotatable bonds is 20. The predicted molar refractivity (Wildman–Crippen MR) is 277 cm³/mol. The molecule has 34 heteroatoms. The van der Waals surface area contributed by atoms with E-state index in [0.717, 1.165) is 22.9 Å². The quantitative estimate of drug-likeness (QED) is 0.0145. The second-order valence-electron chi connectivity index (χ2n) is 17.4. The van der Waals surface area contributed by atoms with E-state index in [4.69, 9.17) is 56.4 Å². The summed E-state index contributed by atoms with van der Waals surface area (Å²) in [6, 6.07) is 10.1. The number of fused-ring (bicyclic) bond motifs is 2. The SMILES string of the molecule is COc1cc2c(-c3cc(C(=O)NCC#Cc4ccc([C@H](OCc5cn([C@H]6C[C@@H](O)[C@@H](COP(=O)(O)OP(=O)(O)OP(=O)(O)O)O6)c(=O)[nH]c5=O)C(C)C)c([N+](=O)[O-])c4)ccc3C(=O)O)c3cc(OC)c(=O)c(Cl)c-3oc2c(Cl)c1O. The second kappa shape index (κ2) is 24.1. The molecule has 1 amide bonds. The van der Waals surface area contributed by atoms with E-state index in [0.29, 0.717) is 0 Å². The Morgan fingerprint density at radius 2 is 1.66 bits per heavy atom. The van der Waals surface area contributed by atoms with Crippen LogP contribution in [0.1, 0.15) is 70.0 Å². The topological polar surface area (TPSA) is 432 Å². The van der Waals surface area contributed by atoms with Gasteiger partial charge in [-0.25, -0.2) is 23.3 Å². The molecular formula is C46H43Cl2N4O25P3. The number of amides is 1. The molecular weight excluding hydrogens is 1170 g/mol. The predicted octanol–water partition coefficient (Wildman–Crippen LogP) is 5.74. The summed E-state index contributed by atoms with van der Waals surface area (Å²) in [5.74, 6) is 1.58. The van der Waals surface area contributed by atoms with Gasteiger partial charge in [-0.05, 0) is 53.9 Å². The number of nitrogens with one attached hydrogen (secondary N) is 2. The first-order valence-electron chi connectivity index (χ1n) is 22.7. The van der Waals surface area contributed by atoms with Gasteiger partial charge in [0.1, 0.15) is 22.4 Å². The van der Waals surface area contributed by atoms with Crippen LogP contribution in [0, 0.1) is 27.9 Å². The van der Waals surface area contributed by atoms with Gasteiger partial charge in [-0.2, -0.15) is 8.62 Å². The number of carbonyl (C=O) groups excluding carboxylic acids is 1. The van der Waals surface area contributed by atoms with Crippen molar-refractivity contribution in [3.05, 3.63) is 134 Å². The lowest BCUT2D eigenvalue weighted by molar-refractivity contribution is -0.386. The maximum absolute atomic E-state index is 13.7. The molecule has 0 spiro atoms. The van der Waals surface area contributed by atoms with Crippen LogP contribution in [0.3, 0.4) is 0 Å². The van der Waals surface area contributed by atoms with Gasteiger partial charge in [0.15, 0.2) is 28.6 Å². The Labute approximate surface area is 458 Å². The number of nitro groups is 1. The number of benzene rings is 4. The Morgan fingerprint density at radius 1 is 0.963 bits per heavy atom. The largest absolute Gasteiger partial charge is 0.503 e. The van der Waals surface area contributed by atoms with Gasteiger partial charge >= 0.3 is 35.1 Å². The number of hydrogen-bond acceptors (Lipinski definition) is 20. The van der Waals surface area contributed by atoms with Crippen LogP contribution in [0.5, 0.6) is 17.2 Å². The summed E-state index contributed by atoms with van der Waals surface area (Å²) < 4.78 is 75.6. The number of aromatic nitrogens is 2. The highest BCUT2D eigenvalue weighted by Gasteiger charge is 2.43. The minimum Gasteiger partial charge on any atom is -0.503 e. The van der Waals surface area contributed by atoms with Gasteiger partial charge in [0.2, 0.25) is 5.43 Å². The Bertz CT molecular complexity index is 3850. The van der Waals surface area contributed by atoms with Crippen molar-refractivity contribution in [2.24, 2.45) is 5.92 Å². The van der Waals surface area contributed by atoms with Gasteiger partial charge in [-0.1, -0.05) is 48.9 Å². The van der Waals surface area contributed by atoms with Gasteiger partial charge in [-0.15, -0.1) is 0 Å². The van der Waals surface area contributed by atoms with Crippen LogP contribution in [-0.4, -0.2) is 101 Å². The number of carboxylic acid groups (broad SMARTS) is 1. The molecule has 9 N–H and O–H groups in total. The number of nitro benzene ring substituents is 1. The molecule has 3 aliphatic rings. The molecule has 6 atom stereocenters. The lowest BCUT2D eigenvalue weighted by Gasteiger charge is -2.22. The standard InChI is InChI=1S/C46H43Cl2N4O25P3/c1-20(2)40(72-18-23-17-51(46(60)50-44(23)57)34-16-30(53)33(74-34)19-73-79(66,67)77-80(68,69)76-78(63,64)65)25-9-7-21(12-29(25)52(61)62)6-5-11-49-43(56)22-8-10-24(45(58)59)26(13-22)35-27-14-31(70-3)38(54)36(47)41(27)75-42-28(35)15-32(71-4)39(55)37(42)48/h7-10,12-15,17,20,30,33-34,40,53-54H,11,16,18-19H2,1-4H3,(H,49,56)(H,58,59)(H,66,67)(H,68,69)(H,50,57,60)(H2,63,64,65)/t30-,33-,34-,40-/m1/s1. The van der Waals surface area contributed by atoms with Crippen LogP contribution >= 0.6 is 46.7 Å². The van der Waals surface area contributed by atoms with Crippen LogP contribution in [-0.2, 0) is 42.9 Å². The van der Waals surface area contributed by atoms with E-state index < -0.39 is 123 Å². The van der Waals surface area contributed by atoms with Crippen LogP contribution in [0.25, 0.3) is 33.4 Å². The number of phenolic OH excluding ortho intramolecular Hbond substituents is 1. The minimum absolute atomic E-state index is 0.0411. The van der Waals surface area contributed by atoms with Crippen molar-refractivity contribution in [1.29, 1.82) is 0 Å². The fourth-order valence-electron chi connectivity index (χ4n) is 8.25. The maximum atomic E-state index is 13.7. The molecule has 29 nitrogen and oxygen atoms in total. The normalized spacial score (nSPS) is 17.3. The van der Waals surface area contributed by atoms with Gasteiger partial charge in [0.25, 0.3) is 17.2 Å². The summed E-state index contributed by atoms with van der Waals surface area (Å²) >= 11 is 13.0. The molecule has 3 aromatic carbocycles. The molecule has 3 heterocycles. The fraction of sp³-hybridized carbons (Fsp3) is 0.283. The number of phosphoric ester groups is 1. The number of aliphatic hydroxyl groups is 1. The van der Waals surface area contributed by atoms with Crippen LogP contribution in [0.4, 0.5) is 5.69 Å². The monoisotopic (exact) mass is 1210 g/mol. The zero-order valence-corrected chi connectivity index (χ0v) is 45.6. The molecule has 0 bridgehead atoms. The van der Waals surface area contributed by atoms with E-state index in [-0.39, 0.29) is 84.3 Å². The van der Waals surface area contributed by atoms with E-state index >= 15 is 0 Å². The summed E-state index contributed by atoms with van der Waals surface area (Å²) in [7, 11) is -14.7. The minimum atomic E-state index is -5.86. The fourth-order valence-corrected chi connectivity index (χ4v) is 11.7.